The zero-order valence-corrected chi connectivity index (χ0v) is 39.4. The van der Waals surface area contributed by atoms with E-state index in [1.807, 2.05) is 0 Å². The van der Waals surface area contributed by atoms with E-state index in [2.05, 4.69) is 54.5 Å². The number of fused-ring (bicyclic) bond motifs is 7. The van der Waals surface area contributed by atoms with Crippen molar-refractivity contribution in [2.45, 2.75) is 218 Å². The predicted molar refractivity (Wildman–Crippen MR) is 229 cm³/mol. The molecule has 0 bridgehead atoms. The first-order valence-electron chi connectivity index (χ1n) is 24.2. The number of aliphatic hydroxyl groups excluding tert-OH is 9. The Bertz CT molecular complexity index is 1780. The maximum atomic E-state index is 13.1. The van der Waals surface area contributed by atoms with Gasteiger partial charge in [-0.25, -0.2) is 0 Å². The summed E-state index contributed by atoms with van der Waals surface area (Å²) < 4.78 is 36.4. The molecule has 4 saturated carbocycles. The van der Waals surface area contributed by atoms with Crippen molar-refractivity contribution in [1.29, 1.82) is 0 Å². The molecule has 3 saturated heterocycles. The van der Waals surface area contributed by atoms with Gasteiger partial charge in [-0.2, -0.15) is 0 Å². The quantitative estimate of drug-likeness (QED) is 0.117. The van der Waals surface area contributed by atoms with Gasteiger partial charge in [0.25, 0.3) is 0 Å². The summed E-state index contributed by atoms with van der Waals surface area (Å²) in [5.74, 6) is -0.135. The Morgan fingerprint density at radius 2 is 1.26 bits per heavy atom. The standard InChI is InChI=1S/C48H78O17/c1-22-30(51)33(54)35(56)39(60-22)64-37-32(53)26(21-50)61-40(36(37)57)65-38-34(55)31(52)25(20-49)62-41(38)63-29-12-13-45(6)27(44(29,4)5)11-14-47(8)28(45)10-9-23-24-19-43(2,3)15-17-48(24,42(58)59)18-16-46(23,47)7/h9,22,24-41,49-57H,10-21H2,1-8H3,(H,58,59). The molecule has 8 rings (SSSR count). The molecule has 17 heteroatoms. The third kappa shape index (κ3) is 7.81. The van der Waals surface area contributed by atoms with Crippen LogP contribution in [-0.4, -0.2) is 168 Å². The lowest BCUT2D eigenvalue weighted by Gasteiger charge is -2.71. The van der Waals surface area contributed by atoms with Gasteiger partial charge in [-0.3, -0.25) is 4.79 Å². The van der Waals surface area contributed by atoms with E-state index in [1.165, 1.54) is 12.5 Å². The van der Waals surface area contributed by atoms with Crippen LogP contribution in [0.25, 0.3) is 0 Å². The average Bonchev–Trinajstić information content (AvgIpc) is 3.24. The van der Waals surface area contributed by atoms with Crippen molar-refractivity contribution in [3.63, 3.8) is 0 Å². The Morgan fingerprint density at radius 3 is 1.92 bits per heavy atom. The molecule has 10 N–H and O–H groups in total. The molecule has 0 aromatic carbocycles. The molecule has 23 unspecified atom stereocenters. The molecule has 0 spiro atoms. The number of carboxylic acids is 1. The maximum absolute atomic E-state index is 13.1. The number of aliphatic hydroxyl groups is 9. The molecule has 7 fully saturated rings. The molecule has 0 radical (unpaired) electrons. The molecular weight excluding hydrogens is 849 g/mol. The van der Waals surface area contributed by atoms with Gasteiger partial charge < -0.3 is 79.5 Å². The summed E-state index contributed by atoms with van der Waals surface area (Å²) >= 11 is 0. The van der Waals surface area contributed by atoms with E-state index in [0.29, 0.717) is 25.2 Å². The fourth-order valence-electron chi connectivity index (χ4n) is 15.1. The van der Waals surface area contributed by atoms with E-state index in [4.69, 9.17) is 28.4 Å². The van der Waals surface area contributed by atoms with Crippen molar-refractivity contribution >= 4 is 5.97 Å². The topological polar surface area (TPSA) is 275 Å². The van der Waals surface area contributed by atoms with Crippen molar-refractivity contribution in [2.75, 3.05) is 13.2 Å². The number of allylic oxidation sites excluding steroid dienone is 2. The van der Waals surface area contributed by atoms with Gasteiger partial charge in [0.2, 0.25) is 0 Å². The lowest BCUT2D eigenvalue weighted by Crippen LogP contribution is -2.67. The molecule has 0 aromatic rings. The number of carbonyl (C=O) groups is 1. The monoisotopic (exact) mass is 927 g/mol. The minimum Gasteiger partial charge on any atom is -0.481 e. The van der Waals surface area contributed by atoms with E-state index in [1.54, 1.807) is 0 Å². The summed E-state index contributed by atoms with van der Waals surface area (Å²) in [6.07, 6.45) is -13.3. The largest absolute Gasteiger partial charge is 0.481 e. The minimum atomic E-state index is -1.87. The Hall–Kier alpha value is -1.39. The summed E-state index contributed by atoms with van der Waals surface area (Å²) in [5.41, 5.74) is -0.0818. The first-order chi connectivity index (χ1) is 30.3. The van der Waals surface area contributed by atoms with Crippen molar-refractivity contribution in [3.8, 4) is 0 Å². The van der Waals surface area contributed by atoms with Crippen LogP contribution >= 0.6 is 0 Å². The van der Waals surface area contributed by atoms with E-state index < -0.39 is 128 Å². The zero-order valence-electron chi connectivity index (χ0n) is 39.4. The van der Waals surface area contributed by atoms with Crippen LogP contribution in [0.15, 0.2) is 11.6 Å². The molecule has 8 aliphatic rings. The zero-order chi connectivity index (χ0) is 47.6. The molecule has 0 aromatic heterocycles. The number of hydrogen-bond acceptors (Lipinski definition) is 16. The molecule has 65 heavy (non-hydrogen) atoms. The lowest BCUT2D eigenvalue weighted by atomic mass is 9.33. The highest BCUT2D eigenvalue weighted by Gasteiger charge is 2.70. The molecule has 3 heterocycles. The Kier molecular flexibility index (Phi) is 13.4. The van der Waals surface area contributed by atoms with Gasteiger partial charge in [0, 0.05) is 0 Å². The van der Waals surface area contributed by atoms with Crippen LogP contribution < -0.4 is 0 Å². The Balaban J connectivity index is 1.03. The first kappa shape index (κ1) is 50.0. The van der Waals surface area contributed by atoms with Crippen LogP contribution in [0.5, 0.6) is 0 Å². The lowest BCUT2D eigenvalue weighted by molar-refractivity contribution is -0.390. The minimum absolute atomic E-state index is 0.0124. The highest BCUT2D eigenvalue weighted by molar-refractivity contribution is 5.76. The first-order valence-corrected chi connectivity index (χ1v) is 24.2. The summed E-state index contributed by atoms with van der Waals surface area (Å²) in [6, 6.07) is 0. The normalized spacial score (nSPS) is 54.0. The number of ether oxygens (including phenoxy) is 6. The number of aliphatic carboxylic acids is 1. The highest BCUT2D eigenvalue weighted by Crippen LogP contribution is 2.76. The fourth-order valence-corrected chi connectivity index (χ4v) is 15.1. The molecule has 372 valence electrons. The van der Waals surface area contributed by atoms with Crippen molar-refractivity contribution < 1.29 is 84.3 Å². The van der Waals surface area contributed by atoms with Crippen molar-refractivity contribution in [3.05, 3.63) is 11.6 Å². The van der Waals surface area contributed by atoms with Gasteiger partial charge in [0.05, 0.1) is 30.8 Å². The predicted octanol–water partition coefficient (Wildman–Crippen LogP) is 1.73. The second kappa shape index (κ2) is 17.5. The summed E-state index contributed by atoms with van der Waals surface area (Å²) in [6.45, 7) is 16.3. The van der Waals surface area contributed by atoms with Crippen molar-refractivity contribution in [2.24, 2.45) is 50.2 Å². The number of rotatable bonds is 9. The summed E-state index contributed by atoms with van der Waals surface area (Å²) in [5, 5.41) is 108. The third-order valence-corrected chi connectivity index (χ3v) is 19.3. The second-order valence-corrected chi connectivity index (χ2v) is 23.5. The van der Waals surface area contributed by atoms with Crippen LogP contribution in [0, 0.1) is 50.2 Å². The molecule has 23 atom stereocenters. The van der Waals surface area contributed by atoms with Gasteiger partial charge in [-0.15, -0.1) is 0 Å². The molecule has 0 amide bonds. The molecular formula is C48H78O17. The van der Waals surface area contributed by atoms with Gasteiger partial charge in [0.15, 0.2) is 18.9 Å². The van der Waals surface area contributed by atoms with E-state index >= 15 is 0 Å². The van der Waals surface area contributed by atoms with E-state index in [0.717, 1.165) is 44.9 Å². The van der Waals surface area contributed by atoms with E-state index in [-0.39, 0.29) is 33.5 Å². The maximum Gasteiger partial charge on any atom is 0.310 e. The van der Waals surface area contributed by atoms with Gasteiger partial charge in [-0.1, -0.05) is 60.1 Å². The second-order valence-electron chi connectivity index (χ2n) is 23.5. The number of carboxylic acid groups (broad SMARTS) is 1. The highest BCUT2D eigenvalue weighted by atomic mass is 16.8. The van der Waals surface area contributed by atoms with Crippen LogP contribution in [-0.2, 0) is 33.2 Å². The molecule has 3 aliphatic heterocycles. The number of hydrogen-bond donors (Lipinski definition) is 10. The summed E-state index contributed by atoms with van der Waals surface area (Å²) in [4.78, 5) is 13.1. The third-order valence-electron chi connectivity index (χ3n) is 19.3. The van der Waals surface area contributed by atoms with Crippen LogP contribution in [0.1, 0.15) is 120 Å². The Labute approximate surface area is 382 Å². The van der Waals surface area contributed by atoms with E-state index in [9.17, 15) is 55.9 Å². The SMILES string of the molecule is CC1OC(OC2C(O)C(CO)OC(OC3C(OC4CCC5(C)C(CCC6(C)C5CC=C5C7CC(C)(C)CCC7(C(=O)O)CCC56C)C4(C)C)OC(CO)C(O)C3O)C2O)C(O)C(O)C1O. The van der Waals surface area contributed by atoms with Crippen LogP contribution in [0.4, 0.5) is 0 Å². The average molecular weight is 927 g/mol. The van der Waals surface area contributed by atoms with Crippen LogP contribution in [0.3, 0.4) is 0 Å². The molecule has 17 nitrogen and oxygen atoms in total. The van der Waals surface area contributed by atoms with Gasteiger partial charge in [-0.05, 0) is 116 Å². The Morgan fingerprint density at radius 1 is 0.646 bits per heavy atom. The van der Waals surface area contributed by atoms with Crippen molar-refractivity contribution in [1.82, 2.24) is 0 Å². The summed E-state index contributed by atoms with van der Waals surface area (Å²) in [7, 11) is 0. The fraction of sp³-hybridized carbons (Fsp3) is 0.938. The smallest absolute Gasteiger partial charge is 0.310 e. The van der Waals surface area contributed by atoms with Gasteiger partial charge in [0.1, 0.15) is 67.1 Å². The van der Waals surface area contributed by atoms with Crippen LogP contribution in [0.2, 0.25) is 0 Å². The molecule has 5 aliphatic carbocycles. The van der Waals surface area contributed by atoms with Gasteiger partial charge >= 0.3 is 5.97 Å².